The van der Waals surface area contributed by atoms with Crippen molar-refractivity contribution in [2.24, 2.45) is 0 Å². The van der Waals surface area contributed by atoms with Gasteiger partial charge in [-0.1, -0.05) is 35.3 Å². The maximum Gasteiger partial charge on any atom is 0.160 e. The van der Waals surface area contributed by atoms with Crippen molar-refractivity contribution in [3.63, 3.8) is 0 Å². The summed E-state index contributed by atoms with van der Waals surface area (Å²) >= 11 is 15.0. The molecule has 0 saturated heterocycles. The first-order valence-electron chi connectivity index (χ1n) is 6.13. The number of rotatable bonds is 4. The number of anilines is 1. The summed E-state index contributed by atoms with van der Waals surface area (Å²) in [6.45, 7) is 0. The van der Waals surface area contributed by atoms with Crippen molar-refractivity contribution in [3.05, 3.63) is 72.8 Å². The van der Waals surface area contributed by atoms with Crippen LogP contribution in [-0.2, 0) is 0 Å². The highest BCUT2D eigenvalue weighted by molar-refractivity contribution is 7.11. The van der Waals surface area contributed by atoms with Crippen molar-refractivity contribution in [2.75, 3.05) is 5.32 Å². The Kier molecular flexibility index (Phi) is 4.50. The summed E-state index contributed by atoms with van der Waals surface area (Å²) in [6.07, 6.45) is 0. The van der Waals surface area contributed by atoms with E-state index in [9.17, 15) is 4.39 Å². The van der Waals surface area contributed by atoms with Crippen LogP contribution in [0.25, 0.3) is 0 Å². The van der Waals surface area contributed by atoms with Gasteiger partial charge in [0.1, 0.15) is 0 Å². The van der Waals surface area contributed by atoms with Gasteiger partial charge in [-0.25, -0.2) is 4.39 Å². The van der Waals surface area contributed by atoms with Gasteiger partial charge in [0.05, 0.1) is 16.1 Å². The minimum absolute atomic E-state index is 0.00240. The fraction of sp³-hybridized carbons (Fsp3) is 0.0667. The normalized spacial score (nSPS) is 11.0. The lowest BCUT2D eigenvalue weighted by Crippen LogP contribution is -2.09. The third kappa shape index (κ3) is 3.24. The molecule has 6 heteroatoms. The van der Waals surface area contributed by atoms with E-state index in [2.05, 4.69) is 17.4 Å². The third-order valence-electron chi connectivity index (χ3n) is 2.95. The fourth-order valence-electron chi connectivity index (χ4n) is 2.00. The molecule has 0 spiro atoms. The van der Waals surface area contributed by atoms with Gasteiger partial charge in [-0.05, 0) is 35.0 Å². The lowest BCUT2D eigenvalue weighted by molar-refractivity contribution is 0.629. The highest BCUT2D eigenvalue weighted by Gasteiger charge is 2.17. The third-order valence-corrected chi connectivity index (χ3v) is 5.37. The van der Waals surface area contributed by atoms with Gasteiger partial charge in [-0.15, -0.1) is 22.7 Å². The molecule has 0 aliphatic rings. The van der Waals surface area contributed by atoms with Crippen LogP contribution in [0.2, 0.25) is 10.0 Å². The maximum absolute atomic E-state index is 13.5. The standard InChI is InChI=1S/C15H10Cl2FNS2/c16-10-7-9(8-11(17)14(10)18)19-15(12-3-1-5-20-12)13-4-2-6-21-13/h1-8,15,19H. The Balaban J connectivity index is 1.96. The lowest BCUT2D eigenvalue weighted by atomic mass is 10.2. The van der Waals surface area contributed by atoms with E-state index in [0.717, 1.165) is 0 Å². The second-order valence-corrected chi connectivity index (χ2v) is 7.14. The predicted octanol–water partition coefficient (Wildman–Crippen LogP) is 6.46. The molecule has 0 amide bonds. The van der Waals surface area contributed by atoms with Gasteiger partial charge in [0.15, 0.2) is 5.82 Å². The molecule has 0 unspecified atom stereocenters. The summed E-state index contributed by atoms with van der Waals surface area (Å²) in [5.41, 5.74) is 0.693. The predicted molar refractivity (Wildman–Crippen MR) is 90.5 cm³/mol. The molecule has 1 N–H and O–H groups in total. The number of nitrogens with one attached hydrogen (secondary N) is 1. The van der Waals surface area contributed by atoms with Crippen LogP contribution in [0, 0.1) is 5.82 Å². The van der Waals surface area contributed by atoms with Crippen LogP contribution in [0.15, 0.2) is 47.2 Å². The fourth-order valence-corrected chi connectivity index (χ4v) is 4.15. The molecule has 0 radical (unpaired) electrons. The molecular weight excluding hydrogens is 348 g/mol. The van der Waals surface area contributed by atoms with Gasteiger partial charge in [0, 0.05) is 15.4 Å². The van der Waals surface area contributed by atoms with Crippen molar-refractivity contribution >= 4 is 51.6 Å². The maximum atomic E-state index is 13.5. The van der Waals surface area contributed by atoms with E-state index in [4.69, 9.17) is 23.2 Å². The molecule has 0 bridgehead atoms. The quantitative estimate of drug-likeness (QED) is 0.528. The summed E-state index contributed by atoms with van der Waals surface area (Å²) in [6, 6.07) is 11.2. The van der Waals surface area contributed by atoms with Crippen molar-refractivity contribution in [3.8, 4) is 0 Å². The molecular formula is C15H10Cl2FNS2. The highest BCUT2D eigenvalue weighted by Crippen LogP contribution is 2.35. The first-order chi connectivity index (χ1) is 10.1. The van der Waals surface area contributed by atoms with E-state index >= 15 is 0 Å². The van der Waals surface area contributed by atoms with Gasteiger partial charge >= 0.3 is 0 Å². The number of hydrogen-bond acceptors (Lipinski definition) is 3. The van der Waals surface area contributed by atoms with Crippen molar-refractivity contribution in [2.45, 2.75) is 6.04 Å². The van der Waals surface area contributed by atoms with Gasteiger partial charge in [0.25, 0.3) is 0 Å². The summed E-state index contributed by atoms with van der Waals surface area (Å²) in [5.74, 6) is -0.590. The molecule has 0 aliphatic carbocycles. The van der Waals surface area contributed by atoms with Gasteiger partial charge < -0.3 is 5.32 Å². The largest absolute Gasteiger partial charge is 0.373 e. The molecule has 1 aromatic carbocycles. The Labute approximate surface area is 140 Å². The molecule has 0 fully saturated rings. The van der Waals surface area contributed by atoms with Gasteiger partial charge in [0.2, 0.25) is 0 Å². The molecule has 0 atom stereocenters. The van der Waals surface area contributed by atoms with Crippen molar-refractivity contribution in [1.82, 2.24) is 0 Å². The SMILES string of the molecule is Fc1c(Cl)cc(NC(c2cccs2)c2cccs2)cc1Cl. The number of thiophene rings is 2. The zero-order valence-electron chi connectivity index (χ0n) is 10.6. The van der Waals surface area contributed by atoms with Crippen LogP contribution in [0.5, 0.6) is 0 Å². The van der Waals surface area contributed by atoms with Crippen LogP contribution in [0.3, 0.4) is 0 Å². The molecule has 2 aromatic heterocycles. The zero-order chi connectivity index (χ0) is 14.8. The molecule has 2 heterocycles. The van der Waals surface area contributed by atoms with Crippen LogP contribution in [0.1, 0.15) is 15.8 Å². The van der Waals surface area contributed by atoms with Gasteiger partial charge in [-0.2, -0.15) is 0 Å². The first-order valence-corrected chi connectivity index (χ1v) is 8.64. The molecule has 0 aliphatic heterocycles. The molecule has 0 saturated carbocycles. The van der Waals surface area contributed by atoms with Crippen LogP contribution < -0.4 is 5.32 Å². The molecule has 3 aromatic rings. The Morgan fingerprint density at radius 1 is 0.952 bits per heavy atom. The Morgan fingerprint density at radius 3 is 1.90 bits per heavy atom. The van der Waals surface area contributed by atoms with E-state index in [-0.39, 0.29) is 16.1 Å². The molecule has 1 nitrogen and oxygen atoms in total. The monoisotopic (exact) mass is 357 g/mol. The molecule has 21 heavy (non-hydrogen) atoms. The van der Waals surface area contributed by atoms with E-state index in [1.54, 1.807) is 34.8 Å². The Bertz CT molecular complexity index is 669. The molecule has 3 rings (SSSR count). The van der Waals surface area contributed by atoms with Crippen molar-refractivity contribution in [1.29, 1.82) is 0 Å². The zero-order valence-corrected chi connectivity index (χ0v) is 13.8. The summed E-state index contributed by atoms with van der Waals surface area (Å²) in [5, 5.41) is 7.47. The summed E-state index contributed by atoms with van der Waals surface area (Å²) in [4.78, 5) is 2.35. The minimum atomic E-state index is -0.590. The first kappa shape index (κ1) is 14.9. The lowest BCUT2D eigenvalue weighted by Gasteiger charge is -2.18. The van der Waals surface area contributed by atoms with E-state index in [0.29, 0.717) is 5.69 Å². The average Bonchev–Trinajstić information content (AvgIpc) is 3.14. The minimum Gasteiger partial charge on any atom is -0.373 e. The number of benzene rings is 1. The second-order valence-electron chi connectivity index (χ2n) is 4.36. The highest BCUT2D eigenvalue weighted by atomic mass is 35.5. The number of hydrogen-bond donors (Lipinski definition) is 1. The molecule has 108 valence electrons. The van der Waals surface area contributed by atoms with E-state index < -0.39 is 5.82 Å². The van der Waals surface area contributed by atoms with Gasteiger partial charge in [-0.3, -0.25) is 0 Å². The Hall–Kier alpha value is -1.07. The average molecular weight is 358 g/mol. The Morgan fingerprint density at radius 2 is 1.48 bits per heavy atom. The smallest absolute Gasteiger partial charge is 0.160 e. The summed E-state index contributed by atoms with van der Waals surface area (Å²) in [7, 11) is 0. The number of halogens is 3. The van der Waals surface area contributed by atoms with Crippen LogP contribution in [0.4, 0.5) is 10.1 Å². The van der Waals surface area contributed by atoms with E-state index in [1.165, 1.54) is 9.75 Å². The van der Waals surface area contributed by atoms with E-state index in [1.807, 2.05) is 22.9 Å². The van der Waals surface area contributed by atoms with Crippen LogP contribution in [-0.4, -0.2) is 0 Å². The topological polar surface area (TPSA) is 12.0 Å². The summed E-state index contributed by atoms with van der Waals surface area (Å²) < 4.78 is 13.5. The van der Waals surface area contributed by atoms with Crippen LogP contribution >= 0.6 is 45.9 Å². The second kappa shape index (κ2) is 6.36. The van der Waals surface area contributed by atoms with Crippen molar-refractivity contribution < 1.29 is 4.39 Å².